The van der Waals surface area contributed by atoms with Crippen LogP contribution in [0.5, 0.6) is 11.6 Å². The normalized spacial score (nSPS) is 16.7. The molecule has 1 unspecified atom stereocenters. The fourth-order valence-electron chi connectivity index (χ4n) is 1.01. The highest BCUT2D eigenvalue weighted by atomic mass is 32.2. The summed E-state index contributed by atoms with van der Waals surface area (Å²) in [5, 5.41) is 0. The van der Waals surface area contributed by atoms with Gasteiger partial charge in [-0.2, -0.15) is 0 Å². The highest BCUT2D eigenvalue weighted by Crippen LogP contribution is 2.28. The minimum Gasteiger partial charge on any atom is -0.484 e. The second-order valence-corrected chi connectivity index (χ2v) is 3.39. The Kier molecular flexibility index (Phi) is 2.15. The van der Waals surface area contributed by atoms with E-state index in [1.807, 2.05) is 0 Å². The van der Waals surface area contributed by atoms with E-state index in [-0.39, 0.29) is 4.90 Å². The summed E-state index contributed by atoms with van der Waals surface area (Å²) < 4.78 is 29.7. The van der Waals surface area contributed by atoms with Gasteiger partial charge < -0.3 is 14.0 Å². The zero-order valence-electron chi connectivity index (χ0n) is 6.60. The summed E-state index contributed by atoms with van der Waals surface area (Å²) in [5.74, 6) is 0.798. The van der Waals surface area contributed by atoms with Crippen LogP contribution in [0.4, 0.5) is 0 Å². The van der Waals surface area contributed by atoms with Crippen LogP contribution in [0, 0.1) is 0 Å². The molecule has 2 heterocycles. The molecule has 1 aromatic rings. The van der Waals surface area contributed by atoms with Crippen LogP contribution >= 0.6 is 0 Å². The highest BCUT2D eigenvalue weighted by Gasteiger charge is 2.14. The number of fused-ring (bicyclic) bond motifs is 1. The van der Waals surface area contributed by atoms with Gasteiger partial charge in [0.15, 0.2) is 16.8 Å². The van der Waals surface area contributed by atoms with Crippen molar-refractivity contribution in [1.29, 1.82) is 0 Å². The number of hydrogen-bond acceptors (Lipinski definition) is 4. The van der Waals surface area contributed by atoms with Crippen molar-refractivity contribution < 1.29 is 18.2 Å². The largest absolute Gasteiger partial charge is 0.484 e. The van der Waals surface area contributed by atoms with Gasteiger partial charge in [-0.15, -0.1) is 0 Å². The van der Waals surface area contributed by atoms with Crippen LogP contribution in [0.3, 0.4) is 0 Å². The molecule has 70 valence electrons. The van der Waals surface area contributed by atoms with E-state index in [9.17, 15) is 4.21 Å². The van der Waals surface area contributed by atoms with Crippen LogP contribution in [0.2, 0.25) is 0 Å². The zero-order chi connectivity index (χ0) is 9.26. The Morgan fingerprint density at radius 1 is 1.46 bits per heavy atom. The number of ether oxygens (including phenoxy) is 2. The summed E-state index contributed by atoms with van der Waals surface area (Å²) in [5.41, 5.74) is 0. The fraction of sp³-hybridized carbons (Fsp3) is 0.286. The Labute approximate surface area is 77.0 Å². The van der Waals surface area contributed by atoms with Crippen LogP contribution in [0.15, 0.2) is 17.2 Å². The third-order valence-corrected chi connectivity index (χ3v) is 2.20. The lowest BCUT2D eigenvalue weighted by Crippen LogP contribution is -2.16. The Morgan fingerprint density at radius 2 is 2.23 bits per heavy atom. The van der Waals surface area contributed by atoms with Crippen LogP contribution in [-0.4, -0.2) is 27.0 Å². The third-order valence-electron chi connectivity index (χ3n) is 1.57. The number of hydrogen-bond donors (Lipinski definition) is 1. The predicted molar refractivity (Wildman–Crippen MR) is 44.3 cm³/mol. The van der Waals surface area contributed by atoms with E-state index < -0.39 is 11.1 Å². The molecular weight excluding hydrogens is 194 g/mol. The third kappa shape index (κ3) is 1.63. The van der Waals surface area contributed by atoms with E-state index in [0.717, 1.165) is 0 Å². The van der Waals surface area contributed by atoms with Crippen LogP contribution in [0.1, 0.15) is 0 Å². The average molecular weight is 201 g/mol. The molecule has 1 aliphatic rings. The van der Waals surface area contributed by atoms with E-state index >= 15 is 0 Å². The van der Waals surface area contributed by atoms with Crippen molar-refractivity contribution in [3.8, 4) is 11.6 Å². The maximum Gasteiger partial charge on any atom is 0.257 e. The summed E-state index contributed by atoms with van der Waals surface area (Å²) in [6, 6.07) is 1.46. The number of rotatable bonds is 1. The molecule has 0 radical (unpaired) electrons. The van der Waals surface area contributed by atoms with Gasteiger partial charge >= 0.3 is 0 Å². The number of pyridine rings is 1. The highest BCUT2D eigenvalue weighted by molar-refractivity contribution is 7.79. The molecule has 1 N–H and O–H groups in total. The Balaban J connectivity index is 2.40. The lowest BCUT2D eigenvalue weighted by atomic mass is 10.4. The Morgan fingerprint density at radius 3 is 3.00 bits per heavy atom. The first kappa shape index (κ1) is 8.46. The lowest BCUT2D eigenvalue weighted by molar-refractivity contribution is 0.163. The van der Waals surface area contributed by atoms with Gasteiger partial charge in [0.05, 0.1) is 4.90 Å². The monoisotopic (exact) mass is 201 g/mol. The first-order chi connectivity index (χ1) is 6.27. The zero-order valence-corrected chi connectivity index (χ0v) is 7.41. The lowest BCUT2D eigenvalue weighted by Gasteiger charge is -2.16. The molecule has 1 atom stereocenters. The van der Waals surface area contributed by atoms with Crippen LogP contribution < -0.4 is 9.47 Å². The van der Waals surface area contributed by atoms with Gasteiger partial charge in [-0.3, -0.25) is 0 Å². The molecule has 0 bridgehead atoms. The molecule has 0 saturated carbocycles. The molecule has 0 fully saturated rings. The quantitative estimate of drug-likeness (QED) is 0.667. The first-order valence-corrected chi connectivity index (χ1v) is 4.74. The summed E-state index contributed by atoms with van der Waals surface area (Å²) in [6.07, 6.45) is 1.30. The van der Waals surface area contributed by atoms with Crippen LogP contribution in [0.25, 0.3) is 0 Å². The van der Waals surface area contributed by atoms with Gasteiger partial charge in [0.25, 0.3) is 5.88 Å². The average Bonchev–Trinajstić information content (AvgIpc) is 2.17. The van der Waals surface area contributed by atoms with Crippen molar-refractivity contribution in [2.45, 2.75) is 4.90 Å². The van der Waals surface area contributed by atoms with Crippen molar-refractivity contribution >= 4 is 11.1 Å². The number of nitrogens with zero attached hydrogens (tertiary/aromatic N) is 1. The van der Waals surface area contributed by atoms with Crippen molar-refractivity contribution in [3.63, 3.8) is 0 Å². The van der Waals surface area contributed by atoms with Crippen molar-refractivity contribution in [2.24, 2.45) is 0 Å². The molecule has 2 rings (SSSR count). The van der Waals surface area contributed by atoms with E-state index in [1.165, 1.54) is 12.3 Å². The van der Waals surface area contributed by atoms with Crippen molar-refractivity contribution in [2.75, 3.05) is 13.2 Å². The van der Waals surface area contributed by atoms with Gasteiger partial charge in [-0.25, -0.2) is 9.19 Å². The summed E-state index contributed by atoms with van der Waals surface area (Å²) in [7, 11) is 0. The SMILES string of the molecule is O=S(O)c1cnc2c(c1)OCCO2. The van der Waals surface area contributed by atoms with Gasteiger partial charge in [0.2, 0.25) is 0 Å². The van der Waals surface area contributed by atoms with E-state index in [0.29, 0.717) is 24.8 Å². The smallest absolute Gasteiger partial charge is 0.257 e. The first-order valence-electron chi connectivity index (χ1n) is 3.64. The molecule has 1 aliphatic heterocycles. The summed E-state index contributed by atoms with van der Waals surface area (Å²) in [4.78, 5) is 4.05. The molecule has 6 heteroatoms. The standard InChI is InChI=1S/C7H7NO4S/c9-13(10)5-3-6-7(8-4-5)12-2-1-11-6/h3-4H,1-2H2,(H,9,10). The van der Waals surface area contributed by atoms with E-state index in [2.05, 4.69) is 4.98 Å². The van der Waals surface area contributed by atoms with Gasteiger partial charge in [-0.05, 0) is 0 Å². The minimum absolute atomic E-state index is 0.212. The van der Waals surface area contributed by atoms with Crippen LogP contribution in [-0.2, 0) is 11.1 Å². The summed E-state index contributed by atoms with van der Waals surface area (Å²) >= 11 is -2.03. The second kappa shape index (κ2) is 3.31. The van der Waals surface area contributed by atoms with Gasteiger partial charge in [0, 0.05) is 12.3 Å². The minimum atomic E-state index is -2.03. The molecule has 1 aromatic heterocycles. The topological polar surface area (TPSA) is 68.7 Å². The molecule has 13 heavy (non-hydrogen) atoms. The van der Waals surface area contributed by atoms with E-state index in [1.54, 1.807) is 0 Å². The molecule has 0 saturated heterocycles. The molecule has 0 aromatic carbocycles. The molecular formula is C7H7NO4S. The van der Waals surface area contributed by atoms with Gasteiger partial charge in [0.1, 0.15) is 13.2 Å². The predicted octanol–water partition coefficient (Wildman–Crippen LogP) is 0.433. The maximum absolute atomic E-state index is 10.7. The van der Waals surface area contributed by atoms with Gasteiger partial charge in [-0.1, -0.05) is 0 Å². The Hall–Kier alpha value is -1.14. The fourth-order valence-corrected chi connectivity index (χ4v) is 1.36. The van der Waals surface area contributed by atoms with Crippen molar-refractivity contribution in [1.82, 2.24) is 4.98 Å². The molecule has 0 amide bonds. The summed E-state index contributed by atoms with van der Waals surface area (Å²) in [6.45, 7) is 0.901. The number of aromatic nitrogens is 1. The molecule has 0 aliphatic carbocycles. The second-order valence-electron chi connectivity index (χ2n) is 2.42. The molecule has 5 nitrogen and oxygen atoms in total. The molecule has 0 spiro atoms. The Bertz CT molecular complexity index is 354. The van der Waals surface area contributed by atoms with Crippen molar-refractivity contribution in [3.05, 3.63) is 12.3 Å². The maximum atomic E-state index is 10.7. The van der Waals surface area contributed by atoms with E-state index in [4.69, 9.17) is 14.0 Å².